The summed E-state index contributed by atoms with van der Waals surface area (Å²) in [5.41, 5.74) is 5.60. The maximum absolute atomic E-state index is 12.2. The van der Waals surface area contributed by atoms with Crippen molar-refractivity contribution in [3.8, 4) is 6.07 Å². The normalized spacial score (nSPS) is 14.5. The van der Waals surface area contributed by atoms with Gasteiger partial charge in [0, 0.05) is 6.54 Å². The van der Waals surface area contributed by atoms with Gasteiger partial charge in [-0.1, -0.05) is 30.3 Å². The number of nitriles is 1. The molecule has 98 valence electrons. The number of halogens is 2. The van der Waals surface area contributed by atoms with Gasteiger partial charge in [0.15, 0.2) is 0 Å². The minimum absolute atomic E-state index is 0.309. The van der Waals surface area contributed by atoms with E-state index in [0.717, 1.165) is 0 Å². The van der Waals surface area contributed by atoms with E-state index in [0.29, 0.717) is 18.5 Å². The van der Waals surface area contributed by atoms with Gasteiger partial charge in [-0.15, -0.1) is 0 Å². The maximum Gasteiger partial charge on any atom is 0.251 e. The summed E-state index contributed by atoms with van der Waals surface area (Å²) in [6, 6.07) is 11.1. The Morgan fingerprint density at radius 2 is 2.00 bits per heavy atom. The predicted octanol–water partition coefficient (Wildman–Crippen LogP) is 1.95. The Bertz CT molecular complexity index is 402. The van der Waals surface area contributed by atoms with Crippen molar-refractivity contribution >= 4 is 0 Å². The quantitative estimate of drug-likeness (QED) is 0.843. The van der Waals surface area contributed by atoms with E-state index < -0.39 is 12.0 Å². The molecule has 0 fully saturated rings. The van der Waals surface area contributed by atoms with Gasteiger partial charge in [-0.3, -0.25) is 0 Å². The second-order valence-electron chi connectivity index (χ2n) is 4.35. The average Bonchev–Trinajstić information content (AvgIpc) is 2.36. The lowest BCUT2D eigenvalue weighted by molar-refractivity contribution is 0.0978. The zero-order valence-electron chi connectivity index (χ0n) is 10.3. The van der Waals surface area contributed by atoms with Crippen molar-refractivity contribution in [1.29, 1.82) is 5.26 Å². The molecule has 0 saturated heterocycles. The highest BCUT2D eigenvalue weighted by atomic mass is 19.3. The molecular formula is C13H17F2N3. The van der Waals surface area contributed by atoms with Crippen LogP contribution in [0.15, 0.2) is 30.3 Å². The number of benzene rings is 1. The lowest BCUT2D eigenvalue weighted by Gasteiger charge is -2.25. The molecule has 3 nitrogen and oxygen atoms in total. The fourth-order valence-corrected chi connectivity index (χ4v) is 1.69. The SMILES string of the molecule is CN(CCC(N)(C#N)c1ccccc1)CC(F)F. The number of nitrogens with two attached hydrogens (primary N) is 1. The summed E-state index contributed by atoms with van der Waals surface area (Å²) in [6.07, 6.45) is -2.06. The van der Waals surface area contributed by atoms with Crippen LogP contribution in [0, 0.1) is 11.3 Å². The van der Waals surface area contributed by atoms with Crippen LogP contribution in [-0.4, -0.2) is 31.5 Å². The maximum atomic E-state index is 12.2. The third-order valence-corrected chi connectivity index (χ3v) is 2.83. The van der Waals surface area contributed by atoms with Gasteiger partial charge < -0.3 is 10.6 Å². The number of alkyl halides is 2. The summed E-state index contributed by atoms with van der Waals surface area (Å²) in [5.74, 6) is 0. The Labute approximate surface area is 106 Å². The summed E-state index contributed by atoms with van der Waals surface area (Å²) in [4.78, 5) is 1.48. The molecule has 1 rings (SSSR count). The first-order chi connectivity index (χ1) is 8.48. The average molecular weight is 253 g/mol. The standard InChI is InChI=1S/C13H17F2N3/c1-18(9-12(14)15)8-7-13(17,10-16)11-5-3-2-4-6-11/h2-6,12H,7-9,17H2,1H3. The first-order valence-corrected chi connectivity index (χ1v) is 5.70. The topological polar surface area (TPSA) is 53.0 Å². The van der Waals surface area contributed by atoms with Gasteiger partial charge in [-0.05, 0) is 19.0 Å². The zero-order chi connectivity index (χ0) is 13.6. The van der Waals surface area contributed by atoms with Crippen molar-refractivity contribution in [3.05, 3.63) is 35.9 Å². The van der Waals surface area contributed by atoms with Crippen molar-refractivity contribution in [2.75, 3.05) is 20.1 Å². The van der Waals surface area contributed by atoms with E-state index in [2.05, 4.69) is 6.07 Å². The van der Waals surface area contributed by atoms with Crippen molar-refractivity contribution in [3.63, 3.8) is 0 Å². The Morgan fingerprint density at radius 3 is 2.50 bits per heavy atom. The Kier molecular flexibility index (Phi) is 5.20. The molecule has 0 radical (unpaired) electrons. The van der Waals surface area contributed by atoms with Crippen molar-refractivity contribution in [2.24, 2.45) is 5.73 Å². The van der Waals surface area contributed by atoms with Gasteiger partial charge >= 0.3 is 0 Å². The summed E-state index contributed by atoms with van der Waals surface area (Å²) < 4.78 is 24.3. The lowest BCUT2D eigenvalue weighted by Crippen LogP contribution is -2.39. The summed E-state index contributed by atoms with van der Waals surface area (Å²) in [7, 11) is 1.59. The smallest absolute Gasteiger partial charge is 0.251 e. The third kappa shape index (κ3) is 4.06. The van der Waals surface area contributed by atoms with Gasteiger partial charge in [0.05, 0.1) is 12.6 Å². The van der Waals surface area contributed by atoms with E-state index in [-0.39, 0.29) is 6.54 Å². The van der Waals surface area contributed by atoms with Crippen LogP contribution >= 0.6 is 0 Å². The number of hydrogen-bond donors (Lipinski definition) is 1. The molecule has 1 atom stereocenters. The molecule has 0 aromatic heterocycles. The van der Waals surface area contributed by atoms with E-state index in [1.165, 1.54) is 4.90 Å². The van der Waals surface area contributed by atoms with Crippen LogP contribution in [-0.2, 0) is 5.54 Å². The van der Waals surface area contributed by atoms with Crippen molar-refractivity contribution < 1.29 is 8.78 Å². The zero-order valence-corrected chi connectivity index (χ0v) is 10.3. The molecule has 18 heavy (non-hydrogen) atoms. The van der Waals surface area contributed by atoms with Crippen LogP contribution < -0.4 is 5.73 Å². The van der Waals surface area contributed by atoms with Crippen LogP contribution in [0.2, 0.25) is 0 Å². The third-order valence-electron chi connectivity index (χ3n) is 2.83. The highest BCUT2D eigenvalue weighted by molar-refractivity contribution is 5.30. The lowest BCUT2D eigenvalue weighted by atomic mass is 9.89. The molecule has 0 heterocycles. The van der Waals surface area contributed by atoms with E-state index in [9.17, 15) is 14.0 Å². The number of nitrogens with zero attached hydrogens (tertiary/aromatic N) is 2. The predicted molar refractivity (Wildman–Crippen MR) is 66.0 cm³/mol. The van der Waals surface area contributed by atoms with Gasteiger partial charge in [-0.2, -0.15) is 5.26 Å². The molecule has 2 N–H and O–H groups in total. The molecule has 0 spiro atoms. The molecule has 0 bridgehead atoms. The van der Waals surface area contributed by atoms with E-state index in [4.69, 9.17) is 5.73 Å². The van der Waals surface area contributed by atoms with Crippen LogP contribution in [0.25, 0.3) is 0 Å². The van der Waals surface area contributed by atoms with Gasteiger partial charge in [0.1, 0.15) is 5.54 Å². The van der Waals surface area contributed by atoms with Crippen LogP contribution in [0.4, 0.5) is 8.78 Å². The largest absolute Gasteiger partial charge is 0.310 e. The molecule has 0 amide bonds. The minimum Gasteiger partial charge on any atom is -0.310 e. The fourth-order valence-electron chi connectivity index (χ4n) is 1.69. The molecule has 0 aliphatic carbocycles. The fraction of sp³-hybridized carbons (Fsp3) is 0.462. The summed E-state index contributed by atoms with van der Waals surface area (Å²) in [5, 5.41) is 9.19. The van der Waals surface area contributed by atoms with Crippen molar-refractivity contribution in [2.45, 2.75) is 18.4 Å². The van der Waals surface area contributed by atoms with Gasteiger partial charge in [-0.25, -0.2) is 8.78 Å². The van der Waals surface area contributed by atoms with E-state index in [1.54, 1.807) is 31.3 Å². The molecular weight excluding hydrogens is 236 g/mol. The molecule has 1 aromatic carbocycles. The minimum atomic E-state index is -2.37. The number of hydrogen-bond acceptors (Lipinski definition) is 3. The number of rotatable bonds is 6. The highest BCUT2D eigenvalue weighted by Crippen LogP contribution is 2.21. The second-order valence-corrected chi connectivity index (χ2v) is 4.35. The highest BCUT2D eigenvalue weighted by Gasteiger charge is 2.27. The molecule has 0 aliphatic heterocycles. The first kappa shape index (κ1) is 14.6. The summed E-state index contributed by atoms with van der Waals surface area (Å²) >= 11 is 0. The Morgan fingerprint density at radius 1 is 1.39 bits per heavy atom. The molecule has 1 unspecified atom stereocenters. The van der Waals surface area contributed by atoms with Crippen molar-refractivity contribution in [1.82, 2.24) is 4.90 Å². The molecule has 1 aromatic rings. The first-order valence-electron chi connectivity index (χ1n) is 5.70. The van der Waals surface area contributed by atoms with Crippen LogP contribution in [0.5, 0.6) is 0 Å². The summed E-state index contributed by atoms with van der Waals surface area (Å²) in [6.45, 7) is 0.0413. The van der Waals surface area contributed by atoms with Crippen LogP contribution in [0.1, 0.15) is 12.0 Å². The van der Waals surface area contributed by atoms with Crippen LogP contribution in [0.3, 0.4) is 0 Å². The van der Waals surface area contributed by atoms with E-state index in [1.807, 2.05) is 6.07 Å². The van der Waals surface area contributed by atoms with Gasteiger partial charge in [0.25, 0.3) is 6.43 Å². The van der Waals surface area contributed by atoms with Gasteiger partial charge in [0.2, 0.25) is 0 Å². The monoisotopic (exact) mass is 253 g/mol. The molecule has 5 heteroatoms. The van der Waals surface area contributed by atoms with E-state index >= 15 is 0 Å². The second kappa shape index (κ2) is 6.43. The molecule has 0 aliphatic rings. The Balaban J connectivity index is 2.65. The molecule has 0 saturated carbocycles. The Hall–Kier alpha value is -1.51.